The molecule has 0 radical (unpaired) electrons. The van der Waals surface area contributed by atoms with Crippen molar-refractivity contribution in [2.75, 3.05) is 13.1 Å². The maximum absolute atomic E-state index is 7.22. The largest absolute Gasteiger partial charge is 0.403 e. The van der Waals surface area contributed by atoms with Gasteiger partial charge in [0.05, 0.1) is 5.84 Å². The summed E-state index contributed by atoms with van der Waals surface area (Å²) in [5, 5.41) is 7.22. The Morgan fingerprint density at radius 1 is 1.00 bits per heavy atom. The molecule has 0 heterocycles. The van der Waals surface area contributed by atoms with Gasteiger partial charge >= 0.3 is 0 Å². The molecule has 0 aromatic heterocycles. The predicted octanol–water partition coefficient (Wildman–Crippen LogP) is 2.84. The monoisotopic (exact) mass is 268 g/mol. The van der Waals surface area contributed by atoms with Crippen molar-refractivity contribution in [3.8, 4) is 0 Å². The number of hydrogen-bond donors (Lipinski definition) is 3. The SMILES string of the molecule is C=C(N)CCCCN(CCCCC(=N)N)C(C)(C)C. The number of nitrogens with two attached hydrogens (primary N) is 2. The molecule has 0 amide bonds. The van der Waals surface area contributed by atoms with E-state index >= 15 is 0 Å². The number of unbranched alkanes of at least 4 members (excludes halogenated alkanes) is 2. The first-order valence-electron chi connectivity index (χ1n) is 7.24. The number of hydrogen-bond acceptors (Lipinski definition) is 3. The number of nitrogens with one attached hydrogen (secondary N) is 1. The molecule has 4 nitrogen and oxygen atoms in total. The third-order valence-corrected chi connectivity index (χ3v) is 3.25. The van der Waals surface area contributed by atoms with Crippen molar-refractivity contribution < 1.29 is 0 Å². The van der Waals surface area contributed by atoms with Gasteiger partial charge in [-0.3, -0.25) is 10.3 Å². The maximum atomic E-state index is 7.22. The van der Waals surface area contributed by atoms with Gasteiger partial charge in [0, 0.05) is 17.7 Å². The molecular weight excluding hydrogens is 236 g/mol. The average Bonchev–Trinajstić information content (AvgIpc) is 2.24. The second-order valence-electron chi connectivity index (χ2n) is 6.26. The topological polar surface area (TPSA) is 79.1 Å². The molecule has 0 aliphatic heterocycles. The van der Waals surface area contributed by atoms with Gasteiger partial charge in [0.2, 0.25) is 0 Å². The second-order valence-corrected chi connectivity index (χ2v) is 6.26. The van der Waals surface area contributed by atoms with Crippen LogP contribution in [-0.4, -0.2) is 29.4 Å². The fourth-order valence-electron chi connectivity index (χ4n) is 2.06. The molecule has 0 fully saturated rings. The van der Waals surface area contributed by atoms with Crippen LogP contribution in [-0.2, 0) is 0 Å². The van der Waals surface area contributed by atoms with E-state index in [2.05, 4.69) is 32.3 Å². The summed E-state index contributed by atoms with van der Waals surface area (Å²) in [6.45, 7) is 12.6. The first kappa shape index (κ1) is 18.0. The van der Waals surface area contributed by atoms with Crippen molar-refractivity contribution in [2.24, 2.45) is 11.5 Å². The molecule has 0 aliphatic rings. The summed E-state index contributed by atoms with van der Waals surface area (Å²) in [6, 6.07) is 0. The molecule has 0 unspecified atom stereocenters. The average molecular weight is 268 g/mol. The highest BCUT2D eigenvalue weighted by Gasteiger charge is 2.19. The van der Waals surface area contributed by atoms with Crippen molar-refractivity contribution in [1.29, 1.82) is 5.41 Å². The van der Waals surface area contributed by atoms with E-state index in [-0.39, 0.29) is 5.54 Å². The fourth-order valence-corrected chi connectivity index (χ4v) is 2.06. The lowest BCUT2D eigenvalue weighted by Gasteiger charge is -2.36. The van der Waals surface area contributed by atoms with Gasteiger partial charge in [-0.15, -0.1) is 0 Å². The van der Waals surface area contributed by atoms with E-state index in [0.29, 0.717) is 12.3 Å². The third-order valence-electron chi connectivity index (χ3n) is 3.25. The van der Waals surface area contributed by atoms with Gasteiger partial charge in [0.1, 0.15) is 0 Å². The van der Waals surface area contributed by atoms with E-state index in [4.69, 9.17) is 16.9 Å². The van der Waals surface area contributed by atoms with Gasteiger partial charge in [0.25, 0.3) is 0 Å². The standard InChI is InChI=1S/C15H32N4/c1-13(16)9-5-7-11-19(15(2,3)4)12-8-6-10-14(17)18/h1,5-12,16H2,2-4H3,(H3,17,18). The zero-order valence-corrected chi connectivity index (χ0v) is 13.0. The van der Waals surface area contributed by atoms with Crippen molar-refractivity contribution >= 4 is 5.84 Å². The molecule has 0 spiro atoms. The lowest BCUT2D eigenvalue weighted by molar-refractivity contribution is 0.131. The first-order chi connectivity index (χ1) is 8.73. The molecule has 0 aromatic rings. The quantitative estimate of drug-likeness (QED) is 0.324. The minimum absolute atomic E-state index is 0.190. The van der Waals surface area contributed by atoms with Crippen molar-refractivity contribution in [1.82, 2.24) is 4.90 Å². The number of rotatable bonds is 10. The van der Waals surface area contributed by atoms with Gasteiger partial charge in [-0.2, -0.15) is 0 Å². The summed E-state index contributed by atoms with van der Waals surface area (Å²) in [4.78, 5) is 2.51. The molecule has 0 aliphatic carbocycles. The highest BCUT2D eigenvalue weighted by atomic mass is 15.2. The normalized spacial score (nSPS) is 11.8. The Morgan fingerprint density at radius 3 is 1.84 bits per heavy atom. The summed E-state index contributed by atoms with van der Waals surface area (Å²) >= 11 is 0. The van der Waals surface area contributed by atoms with Crippen LogP contribution in [0.1, 0.15) is 59.3 Å². The minimum Gasteiger partial charge on any atom is -0.403 e. The number of amidine groups is 1. The highest BCUT2D eigenvalue weighted by Crippen LogP contribution is 2.16. The molecule has 112 valence electrons. The molecule has 0 saturated heterocycles. The van der Waals surface area contributed by atoms with Crippen LogP contribution in [0.15, 0.2) is 12.3 Å². The van der Waals surface area contributed by atoms with Crippen molar-refractivity contribution in [2.45, 2.75) is 64.8 Å². The zero-order valence-electron chi connectivity index (χ0n) is 13.0. The van der Waals surface area contributed by atoms with E-state index in [1.807, 2.05) is 0 Å². The van der Waals surface area contributed by atoms with Crippen LogP contribution in [0.25, 0.3) is 0 Å². The van der Waals surface area contributed by atoms with E-state index in [1.54, 1.807) is 0 Å². The van der Waals surface area contributed by atoms with E-state index < -0.39 is 0 Å². The van der Waals surface area contributed by atoms with Crippen LogP contribution in [0.4, 0.5) is 0 Å². The van der Waals surface area contributed by atoms with Gasteiger partial charge < -0.3 is 11.5 Å². The number of allylic oxidation sites excluding steroid dienone is 1. The molecular formula is C15H32N4. The van der Waals surface area contributed by atoms with Gasteiger partial charge in [-0.25, -0.2) is 0 Å². The molecule has 0 aromatic carbocycles. The smallest absolute Gasteiger partial charge is 0.0905 e. The first-order valence-corrected chi connectivity index (χ1v) is 7.24. The van der Waals surface area contributed by atoms with Gasteiger partial charge in [-0.05, 0) is 66.0 Å². The summed E-state index contributed by atoms with van der Waals surface area (Å²) in [5.41, 5.74) is 11.9. The van der Waals surface area contributed by atoms with E-state index in [0.717, 1.165) is 50.9 Å². The van der Waals surface area contributed by atoms with Crippen LogP contribution in [0.5, 0.6) is 0 Å². The Kier molecular flexibility index (Phi) is 8.48. The fraction of sp³-hybridized carbons (Fsp3) is 0.800. The van der Waals surface area contributed by atoms with Crippen LogP contribution < -0.4 is 11.5 Å². The van der Waals surface area contributed by atoms with Gasteiger partial charge in [-0.1, -0.05) is 6.58 Å². The second kappa shape index (κ2) is 8.97. The lowest BCUT2D eigenvalue weighted by Crippen LogP contribution is -2.42. The Hall–Kier alpha value is -1.03. The van der Waals surface area contributed by atoms with Crippen LogP contribution >= 0.6 is 0 Å². The van der Waals surface area contributed by atoms with Crippen LogP contribution in [0, 0.1) is 5.41 Å². The highest BCUT2D eigenvalue weighted by molar-refractivity contribution is 5.76. The Balaban J connectivity index is 3.96. The van der Waals surface area contributed by atoms with Crippen molar-refractivity contribution in [3.63, 3.8) is 0 Å². The Bertz CT molecular complexity index is 256. The van der Waals surface area contributed by atoms with E-state index in [9.17, 15) is 0 Å². The molecule has 0 atom stereocenters. The molecule has 4 heteroatoms. The van der Waals surface area contributed by atoms with Crippen LogP contribution in [0.2, 0.25) is 0 Å². The van der Waals surface area contributed by atoms with Crippen LogP contribution in [0.3, 0.4) is 0 Å². The maximum Gasteiger partial charge on any atom is 0.0905 e. The third kappa shape index (κ3) is 10.6. The lowest BCUT2D eigenvalue weighted by atomic mass is 10.0. The summed E-state index contributed by atoms with van der Waals surface area (Å²) in [5.74, 6) is 0.295. The zero-order chi connectivity index (χ0) is 14.9. The molecule has 5 N–H and O–H groups in total. The molecule has 0 rings (SSSR count). The summed E-state index contributed by atoms with van der Waals surface area (Å²) in [7, 11) is 0. The minimum atomic E-state index is 0.190. The Labute approximate surface area is 118 Å². The van der Waals surface area contributed by atoms with Crippen molar-refractivity contribution in [3.05, 3.63) is 12.3 Å². The van der Waals surface area contributed by atoms with Gasteiger partial charge in [0.15, 0.2) is 0 Å². The number of nitrogens with zero attached hydrogens (tertiary/aromatic N) is 1. The summed E-state index contributed by atoms with van der Waals surface area (Å²) < 4.78 is 0. The van der Waals surface area contributed by atoms with E-state index in [1.165, 1.54) is 0 Å². The summed E-state index contributed by atoms with van der Waals surface area (Å²) in [6.07, 6.45) is 5.99. The molecule has 19 heavy (non-hydrogen) atoms. The molecule has 0 saturated carbocycles. The Morgan fingerprint density at radius 2 is 1.47 bits per heavy atom. The predicted molar refractivity (Wildman–Crippen MR) is 84.3 cm³/mol. The molecule has 0 bridgehead atoms.